The largest absolute Gasteiger partial charge is 0.573 e. The van der Waals surface area contributed by atoms with Crippen LogP contribution in [-0.4, -0.2) is 6.36 Å². The summed E-state index contributed by atoms with van der Waals surface area (Å²) in [6, 6.07) is 2.54. The number of ether oxygens (including phenoxy) is 1. The maximum Gasteiger partial charge on any atom is 0.573 e. The standard InChI is InChI=1S/C8H4ClF5O/c9-4-1-2-5(7(10)11)6(3-4)15-8(12,13)14/h1-3,7H. The van der Waals surface area contributed by atoms with Crippen LogP contribution in [0.3, 0.4) is 0 Å². The summed E-state index contributed by atoms with van der Waals surface area (Å²) in [6.07, 6.45) is -8.08. The minimum absolute atomic E-state index is 0.112. The molecule has 0 radical (unpaired) electrons. The van der Waals surface area contributed by atoms with Gasteiger partial charge in [-0.15, -0.1) is 13.2 Å². The first-order valence-electron chi connectivity index (χ1n) is 3.63. The Morgan fingerprint density at radius 2 is 1.80 bits per heavy atom. The molecule has 0 N–H and O–H groups in total. The molecule has 0 bridgehead atoms. The Morgan fingerprint density at radius 3 is 2.27 bits per heavy atom. The Hall–Kier alpha value is -1.04. The molecule has 0 spiro atoms. The van der Waals surface area contributed by atoms with Gasteiger partial charge in [0.05, 0.1) is 5.56 Å². The molecule has 15 heavy (non-hydrogen) atoms. The van der Waals surface area contributed by atoms with Gasteiger partial charge < -0.3 is 4.74 Å². The molecular formula is C8H4ClF5O. The summed E-state index contributed by atoms with van der Waals surface area (Å²) in [6.45, 7) is 0. The van der Waals surface area contributed by atoms with Crippen molar-refractivity contribution in [2.45, 2.75) is 12.8 Å². The molecule has 0 saturated carbocycles. The molecule has 1 aromatic carbocycles. The van der Waals surface area contributed by atoms with Gasteiger partial charge in [-0.05, 0) is 18.2 Å². The van der Waals surface area contributed by atoms with Crippen molar-refractivity contribution in [3.05, 3.63) is 28.8 Å². The highest BCUT2D eigenvalue weighted by Crippen LogP contribution is 2.34. The third-order valence-corrected chi connectivity index (χ3v) is 1.67. The summed E-state index contributed by atoms with van der Waals surface area (Å²) >= 11 is 5.36. The number of hydrogen-bond acceptors (Lipinski definition) is 1. The molecule has 0 unspecified atom stereocenters. The van der Waals surface area contributed by atoms with E-state index in [0.717, 1.165) is 12.1 Å². The average molecular weight is 247 g/mol. The molecule has 0 aliphatic carbocycles. The van der Waals surface area contributed by atoms with Crippen molar-refractivity contribution in [3.63, 3.8) is 0 Å². The quantitative estimate of drug-likeness (QED) is 0.712. The van der Waals surface area contributed by atoms with E-state index >= 15 is 0 Å². The highest BCUT2D eigenvalue weighted by atomic mass is 35.5. The van der Waals surface area contributed by atoms with Gasteiger partial charge in [-0.3, -0.25) is 0 Å². The number of halogens is 6. The Morgan fingerprint density at radius 1 is 1.20 bits per heavy atom. The summed E-state index contributed by atoms with van der Waals surface area (Å²) in [4.78, 5) is 0. The van der Waals surface area contributed by atoms with Gasteiger partial charge in [0.2, 0.25) is 0 Å². The zero-order valence-electron chi connectivity index (χ0n) is 6.99. The third kappa shape index (κ3) is 3.54. The van der Waals surface area contributed by atoms with Crippen LogP contribution in [-0.2, 0) is 0 Å². The first kappa shape index (κ1) is 12.0. The average Bonchev–Trinajstić information content (AvgIpc) is 1.99. The first-order valence-corrected chi connectivity index (χ1v) is 4.01. The first-order chi connectivity index (χ1) is 6.79. The van der Waals surface area contributed by atoms with Crippen LogP contribution in [0.4, 0.5) is 22.0 Å². The molecule has 84 valence electrons. The maximum atomic E-state index is 12.2. The lowest BCUT2D eigenvalue weighted by Gasteiger charge is -2.12. The molecule has 0 atom stereocenters. The summed E-state index contributed by atoms with van der Waals surface area (Å²) < 4.78 is 63.3. The number of alkyl halides is 5. The van der Waals surface area contributed by atoms with E-state index in [1.54, 1.807) is 0 Å². The number of hydrogen-bond donors (Lipinski definition) is 0. The van der Waals surface area contributed by atoms with Crippen LogP contribution in [0.25, 0.3) is 0 Å². The van der Waals surface area contributed by atoms with Crippen molar-refractivity contribution in [1.82, 2.24) is 0 Å². The fourth-order valence-corrected chi connectivity index (χ4v) is 1.06. The molecular weight excluding hydrogens is 243 g/mol. The summed E-state index contributed by atoms with van der Waals surface area (Å²) in [5, 5.41) is -0.112. The minimum atomic E-state index is -5.02. The molecule has 0 aliphatic rings. The van der Waals surface area contributed by atoms with Crippen LogP contribution >= 0.6 is 11.6 Å². The molecule has 0 saturated heterocycles. The summed E-state index contributed by atoms with van der Waals surface area (Å²) in [5.74, 6) is -0.981. The number of benzene rings is 1. The van der Waals surface area contributed by atoms with Crippen LogP contribution in [0.15, 0.2) is 18.2 Å². The van der Waals surface area contributed by atoms with E-state index in [1.807, 2.05) is 0 Å². The molecule has 1 rings (SSSR count). The van der Waals surface area contributed by atoms with Gasteiger partial charge in [0.15, 0.2) is 0 Å². The fourth-order valence-electron chi connectivity index (χ4n) is 0.902. The number of rotatable bonds is 2. The zero-order chi connectivity index (χ0) is 11.6. The van der Waals surface area contributed by atoms with E-state index in [-0.39, 0.29) is 5.02 Å². The molecule has 0 aromatic heterocycles. The summed E-state index contributed by atoms with van der Waals surface area (Å²) in [7, 11) is 0. The van der Waals surface area contributed by atoms with Crippen molar-refractivity contribution in [1.29, 1.82) is 0 Å². The van der Waals surface area contributed by atoms with Crippen molar-refractivity contribution in [3.8, 4) is 5.75 Å². The Labute approximate surface area is 86.4 Å². The minimum Gasteiger partial charge on any atom is -0.405 e. The Kier molecular flexibility index (Phi) is 3.38. The monoisotopic (exact) mass is 246 g/mol. The van der Waals surface area contributed by atoms with E-state index in [2.05, 4.69) is 4.74 Å². The Balaban J connectivity index is 3.08. The van der Waals surface area contributed by atoms with E-state index < -0.39 is 24.1 Å². The lowest BCUT2D eigenvalue weighted by atomic mass is 10.2. The molecule has 0 fully saturated rings. The van der Waals surface area contributed by atoms with E-state index in [0.29, 0.717) is 6.07 Å². The predicted octanol–water partition coefficient (Wildman–Crippen LogP) is 4.18. The van der Waals surface area contributed by atoms with Gasteiger partial charge in [-0.1, -0.05) is 11.6 Å². The highest BCUT2D eigenvalue weighted by molar-refractivity contribution is 6.30. The SMILES string of the molecule is FC(F)c1ccc(Cl)cc1OC(F)(F)F. The normalized spacial score (nSPS) is 11.9. The molecule has 0 heterocycles. The summed E-state index contributed by atoms with van der Waals surface area (Å²) in [5.41, 5.74) is -0.850. The van der Waals surface area contributed by atoms with E-state index in [1.165, 1.54) is 0 Å². The Bertz CT molecular complexity index is 349. The van der Waals surface area contributed by atoms with Crippen LogP contribution in [0.5, 0.6) is 5.75 Å². The highest BCUT2D eigenvalue weighted by Gasteiger charge is 2.33. The van der Waals surface area contributed by atoms with Crippen LogP contribution in [0.1, 0.15) is 12.0 Å². The second-order valence-corrected chi connectivity index (χ2v) is 2.97. The lowest BCUT2D eigenvalue weighted by Crippen LogP contribution is -2.18. The molecule has 0 aliphatic heterocycles. The van der Waals surface area contributed by atoms with E-state index in [9.17, 15) is 22.0 Å². The van der Waals surface area contributed by atoms with E-state index in [4.69, 9.17) is 11.6 Å². The van der Waals surface area contributed by atoms with Crippen LogP contribution < -0.4 is 4.74 Å². The molecule has 1 aromatic rings. The van der Waals surface area contributed by atoms with Crippen molar-refractivity contribution >= 4 is 11.6 Å². The molecule has 0 amide bonds. The zero-order valence-corrected chi connectivity index (χ0v) is 7.74. The lowest BCUT2D eigenvalue weighted by molar-refractivity contribution is -0.275. The smallest absolute Gasteiger partial charge is 0.405 e. The second-order valence-electron chi connectivity index (χ2n) is 2.53. The van der Waals surface area contributed by atoms with Crippen molar-refractivity contribution in [2.24, 2.45) is 0 Å². The topological polar surface area (TPSA) is 9.23 Å². The predicted molar refractivity (Wildman–Crippen MR) is 43.1 cm³/mol. The van der Waals surface area contributed by atoms with Gasteiger partial charge in [0.25, 0.3) is 6.43 Å². The second kappa shape index (κ2) is 4.22. The fraction of sp³-hybridized carbons (Fsp3) is 0.250. The van der Waals surface area contributed by atoms with Crippen molar-refractivity contribution in [2.75, 3.05) is 0 Å². The third-order valence-electron chi connectivity index (χ3n) is 1.44. The molecule has 1 nitrogen and oxygen atoms in total. The van der Waals surface area contributed by atoms with Gasteiger partial charge in [0.1, 0.15) is 5.75 Å². The van der Waals surface area contributed by atoms with Gasteiger partial charge in [0, 0.05) is 5.02 Å². The van der Waals surface area contributed by atoms with Crippen LogP contribution in [0, 0.1) is 0 Å². The maximum absolute atomic E-state index is 12.2. The van der Waals surface area contributed by atoms with Gasteiger partial charge in [-0.2, -0.15) is 0 Å². The van der Waals surface area contributed by atoms with Gasteiger partial charge in [-0.25, -0.2) is 8.78 Å². The van der Waals surface area contributed by atoms with Crippen LogP contribution in [0.2, 0.25) is 5.02 Å². The van der Waals surface area contributed by atoms with Crippen molar-refractivity contribution < 1.29 is 26.7 Å². The molecule has 7 heteroatoms. The van der Waals surface area contributed by atoms with Gasteiger partial charge >= 0.3 is 6.36 Å².